The number of rotatable bonds is 8. The number of nitrogens with zero attached hydrogens (tertiary/aromatic N) is 1. The Morgan fingerprint density at radius 1 is 1.03 bits per heavy atom. The van der Waals surface area contributed by atoms with Crippen LogP contribution in [0.3, 0.4) is 0 Å². The minimum atomic E-state index is -3.97. The van der Waals surface area contributed by atoms with E-state index in [-0.39, 0.29) is 28.8 Å². The Balaban J connectivity index is 2.31. The van der Waals surface area contributed by atoms with Crippen LogP contribution in [-0.4, -0.2) is 39.1 Å². The van der Waals surface area contributed by atoms with E-state index < -0.39 is 27.8 Å². The van der Waals surface area contributed by atoms with Crippen molar-refractivity contribution in [2.75, 3.05) is 22.4 Å². The summed E-state index contributed by atoms with van der Waals surface area (Å²) in [5, 5.41) is 5.37. The van der Waals surface area contributed by atoms with Crippen LogP contribution >= 0.6 is 0 Å². The number of hydrogen-bond donors (Lipinski definition) is 2. The van der Waals surface area contributed by atoms with Gasteiger partial charge >= 0.3 is 0 Å². The third kappa shape index (κ3) is 5.79. The Morgan fingerprint density at radius 2 is 1.63 bits per heavy atom. The number of sulfonamides is 1. The summed E-state index contributed by atoms with van der Waals surface area (Å²) in [5.41, 5.74) is 0.249. The van der Waals surface area contributed by atoms with Crippen LogP contribution in [0.25, 0.3) is 0 Å². The third-order valence-corrected chi connectivity index (χ3v) is 5.51. The van der Waals surface area contributed by atoms with Crippen molar-refractivity contribution < 1.29 is 22.4 Å². The van der Waals surface area contributed by atoms with Gasteiger partial charge in [-0.15, -0.1) is 0 Å². The molecule has 2 aromatic carbocycles. The number of carbonyl (C=O) groups is 2. The molecule has 0 bridgehead atoms. The molecule has 2 rings (SSSR count). The predicted octanol–water partition coefficient (Wildman–Crippen LogP) is 3.00. The first kappa shape index (κ1) is 23.3. The molecule has 0 unspecified atom stereocenters. The second-order valence-electron chi connectivity index (χ2n) is 7.32. The number of benzene rings is 2. The molecule has 0 heterocycles. The molecule has 1 atom stereocenters. The Bertz CT molecular complexity index is 1020. The van der Waals surface area contributed by atoms with E-state index >= 15 is 0 Å². The zero-order chi connectivity index (χ0) is 22.5. The highest BCUT2D eigenvalue weighted by atomic mass is 32.2. The molecule has 9 heteroatoms. The van der Waals surface area contributed by atoms with Crippen molar-refractivity contribution in [3.8, 4) is 0 Å². The van der Waals surface area contributed by atoms with Gasteiger partial charge < -0.3 is 10.6 Å². The van der Waals surface area contributed by atoms with E-state index in [1.54, 1.807) is 24.3 Å². The van der Waals surface area contributed by atoms with Crippen molar-refractivity contribution in [2.24, 2.45) is 5.92 Å². The minimum Gasteiger partial charge on any atom is -0.352 e. The van der Waals surface area contributed by atoms with Gasteiger partial charge in [-0.25, -0.2) is 12.8 Å². The van der Waals surface area contributed by atoms with Gasteiger partial charge in [0, 0.05) is 6.54 Å². The molecule has 2 aromatic rings. The molecule has 0 aliphatic carbocycles. The molecule has 0 aliphatic rings. The van der Waals surface area contributed by atoms with Gasteiger partial charge in [-0.3, -0.25) is 13.9 Å². The molecular formula is C21H26FN3O4S. The van der Waals surface area contributed by atoms with Gasteiger partial charge in [0.2, 0.25) is 15.9 Å². The average Bonchev–Trinajstić information content (AvgIpc) is 2.67. The molecule has 0 fully saturated rings. The number of amides is 2. The average molecular weight is 436 g/mol. The summed E-state index contributed by atoms with van der Waals surface area (Å²) in [6.45, 7) is 5.73. The van der Waals surface area contributed by atoms with E-state index in [4.69, 9.17) is 0 Å². The van der Waals surface area contributed by atoms with Gasteiger partial charge in [0.15, 0.2) is 0 Å². The van der Waals surface area contributed by atoms with Crippen LogP contribution in [0.1, 0.15) is 31.1 Å². The quantitative estimate of drug-likeness (QED) is 0.666. The van der Waals surface area contributed by atoms with Crippen LogP contribution in [0.4, 0.5) is 15.8 Å². The smallest absolute Gasteiger partial charge is 0.253 e. The Kier molecular flexibility index (Phi) is 7.55. The maximum atomic E-state index is 14.2. The highest BCUT2D eigenvalue weighted by molar-refractivity contribution is 7.92. The van der Waals surface area contributed by atoms with E-state index in [0.717, 1.165) is 16.6 Å². The lowest BCUT2D eigenvalue weighted by atomic mass is 10.1. The Hall–Kier alpha value is -2.94. The van der Waals surface area contributed by atoms with Crippen molar-refractivity contribution in [3.05, 3.63) is 59.9 Å². The predicted molar refractivity (Wildman–Crippen MR) is 115 cm³/mol. The van der Waals surface area contributed by atoms with E-state index in [1.807, 2.05) is 13.8 Å². The zero-order valence-corrected chi connectivity index (χ0v) is 18.2. The van der Waals surface area contributed by atoms with Crippen molar-refractivity contribution in [2.45, 2.75) is 26.8 Å². The molecule has 7 nitrogen and oxygen atoms in total. The van der Waals surface area contributed by atoms with Crippen molar-refractivity contribution >= 4 is 33.2 Å². The molecule has 0 spiro atoms. The summed E-state index contributed by atoms with van der Waals surface area (Å²) in [5.74, 6) is -1.58. The van der Waals surface area contributed by atoms with E-state index in [1.165, 1.54) is 25.1 Å². The second-order valence-corrected chi connectivity index (χ2v) is 9.18. The first-order chi connectivity index (χ1) is 14.0. The number of anilines is 2. The molecule has 2 amide bonds. The zero-order valence-electron chi connectivity index (χ0n) is 17.3. The van der Waals surface area contributed by atoms with E-state index in [9.17, 15) is 22.4 Å². The third-order valence-electron chi connectivity index (χ3n) is 4.28. The second kappa shape index (κ2) is 9.71. The summed E-state index contributed by atoms with van der Waals surface area (Å²) >= 11 is 0. The summed E-state index contributed by atoms with van der Waals surface area (Å²) in [6, 6.07) is 10.5. The Morgan fingerprint density at radius 3 is 2.23 bits per heavy atom. The fraction of sp³-hybridized carbons (Fsp3) is 0.333. The fourth-order valence-corrected chi connectivity index (χ4v) is 4.01. The maximum Gasteiger partial charge on any atom is 0.253 e. The highest BCUT2D eigenvalue weighted by Gasteiger charge is 2.31. The summed E-state index contributed by atoms with van der Waals surface area (Å²) in [4.78, 5) is 25.3. The lowest BCUT2D eigenvalue weighted by molar-refractivity contribution is -0.116. The normalized spacial score (nSPS) is 12.3. The van der Waals surface area contributed by atoms with Gasteiger partial charge in [0.25, 0.3) is 5.91 Å². The summed E-state index contributed by atoms with van der Waals surface area (Å²) in [7, 11) is -3.97. The number of para-hydroxylation sites is 2. The first-order valence-electron chi connectivity index (χ1n) is 9.44. The van der Waals surface area contributed by atoms with Crippen LogP contribution in [0.15, 0.2) is 48.5 Å². The van der Waals surface area contributed by atoms with Crippen LogP contribution < -0.4 is 14.9 Å². The number of halogens is 1. The molecule has 30 heavy (non-hydrogen) atoms. The first-order valence-corrected chi connectivity index (χ1v) is 11.3. The molecular weight excluding hydrogens is 409 g/mol. The van der Waals surface area contributed by atoms with Crippen molar-refractivity contribution in [1.29, 1.82) is 0 Å². The number of carbonyl (C=O) groups excluding carboxylic acids is 2. The number of nitrogens with one attached hydrogen (secondary N) is 2. The molecule has 0 aromatic heterocycles. The largest absolute Gasteiger partial charge is 0.352 e. The highest BCUT2D eigenvalue weighted by Crippen LogP contribution is 2.25. The van der Waals surface area contributed by atoms with Crippen molar-refractivity contribution in [1.82, 2.24) is 5.32 Å². The molecule has 0 aliphatic heterocycles. The van der Waals surface area contributed by atoms with Crippen molar-refractivity contribution in [3.63, 3.8) is 0 Å². The lowest BCUT2D eigenvalue weighted by Gasteiger charge is -2.28. The van der Waals surface area contributed by atoms with Gasteiger partial charge in [-0.1, -0.05) is 38.1 Å². The maximum absolute atomic E-state index is 14.2. The monoisotopic (exact) mass is 435 g/mol. The molecule has 0 saturated heterocycles. The van der Waals surface area contributed by atoms with Gasteiger partial charge in [-0.05, 0) is 37.1 Å². The minimum absolute atomic E-state index is 0.231. The molecule has 2 N–H and O–H groups in total. The SMILES string of the molecule is CC(C)CNC(=O)c1ccccc1NC(=O)[C@@H](C)N(c1ccccc1F)S(C)(=O)=O. The van der Waals surface area contributed by atoms with E-state index in [2.05, 4.69) is 10.6 Å². The summed E-state index contributed by atoms with van der Waals surface area (Å²) < 4.78 is 39.6. The van der Waals surface area contributed by atoms with Crippen LogP contribution in [0.5, 0.6) is 0 Å². The molecule has 0 saturated carbocycles. The standard InChI is InChI=1S/C21H26FN3O4S/c1-14(2)13-23-21(27)16-9-5-7-11-18(16)24-20(26)15(3)25(30(4,28)29)19-12-8-6-10-17(19)22/h5-12,14-15H,13H2,1-4H3,(H,23,27)(H,24,26)/t15-/m1/s1. The summed E-state index contributed by atoms with van der Waals surface area (Å²) in [6.07, 6.45) is 0.899. The van der Waals surface area contributed by atoms with Crippen LogP contribution in [0, 0.1) is 11.7 Å². The van der Waals surface area contributed by atoms with Gasteiger partial charge in [-0.2, -0.15) is 0 Å². The molecule has 162 valence electrons. The fourth-order valence-electron chi connectivity index (χ4n) is 2.83. The topological polar surface area (TPSA) is 95.6 Å². The van der Waals surface area contributed by atoms with Crippen LogP contribution in [0.2, 0.25) is 0 Å². The molecule has 0 radical (unpaired) electrons. The van der Waals surface area contributed by atoms with Gasteiger partial charge in [0.05, 0.1) is 23.2 Å². The lowest BCUT2D eigenvalue weighted by Crippen LogP contribution is -2.46. The Labute approximate surface area is 176 Å². The number of hydrogen-bond acceptors (Lipinski definition) is 4. The van der Waals surface area contributed by atoms with Gasteiger partial charge in [0.1, 0.15) is 11.9 Å². The van der Waals surface area contributed by atoms with E-state index in [0.29, 0.717) is 6.54 Å². The van der Waals surface area contributed by atoms with Crippen LogP contribution in [-0.2, 0) is 14.8 Å².